The van der Waals surface area contributed by atoms with Gasteiger partial charge in [0.05, 0.1) is 12.5 Å². The number of carboxylic acid groups (broad SMARTS) is 1. The lowest BCUT2D eigenvalue weighted by Gasteiger charge is -2.26. The van der Waals surface area contributed by atoms with Gasteiger partial charge in [0.2, 0.25) is 23.6 Å². The molecule has 4 amide bonds. The zero-order valence-electron chi connectivity index (χ0n) is 21.3. The van der Waals surface area contributed by atoms with Gasteiger partial charge in [-0.05, 0) is 23.8 Å². The Labute approximate surface area is 211 Å². The number of rotatable bonds is 15. The molecule has 0 radical (unpaired) electrons. The minimum atomic E-state index is -1.43. The molecule has 11 heteroatoms. The van der Waals surface area contributed by atoms with Gasteiger partial charge in [0.25, 0.3) is 0 Å². The largest absolute Gasteiger partial charge is 0.480 e. The Balaban J connectivity index is 3.13. The number of hydrogen-bond acceptors (Lipinski definition) is 6. The zero-order chi connectivity index (χ0) is 27.4. The van der Waals surface area contributed by atoms with Crippen LogP contribution in [0.15, 0.2) is 30.3 Å². The molecule has 1 aromatic rings. The first-order valence-electron chi connectivity index (χ1n) is 12.1. The van der Waals surface area contributed by atoms with Crippen molar-refractivity contribution in [2.45, 2.75) is 77.5 Å². The first kappa shape index (κ1) is 30.6. The lowest BCUT2D eigenvalue weighted by Crippen LogP contribution is -2.58. The summed E-state index contributed by atoms with van der Waals surface area (Å²) in [6.07, 6.45) is 0.357. The Bertz CT molecular complexity index is 907. The number of carbonyl (C=O) groups excluding carboxylic acids is 4. The standard InChI is InChI=1S/C25H39N5O6/c1-5-15(4)21(27)24(34)29-17(12-16-9-7-6-8-10-16)22(32)28-18(13-20(26)31)23(33)30-19(25(35)36)11-14(2)3/h6-10,14-15,17-19,21H,5,11-13,27H2,1-4H3,(H2,26,31)(H,28,32)(H,29,34)(H,30,33)(H,35,36). The van der Waals surface area contributed by atoms with Gasteiger partial charge in [-0.2, -0.15) is 0 Å². The fourth-order valence-corrected chi connectivity index (χ4v) is 3.49. The van der Waals surface area contributed by atoms with Crippen LogP contribution in [0.3, 0.4) is 0 Å². The summed E-state index contributed by atoms with van der Waals surface area (Å²) in [7, 11) is 0. The van der Waals surface area contributed by atoms with Gasteiger partial charge >= 0.3 is 5.97 Å². The maximum absolute atomic E-state index is 13.2. The van der Waals surface area contributed by atoms with Crippen molar-refractivity contribution in [2.75, 3.05) is 0 Å². The van der Waals surface area contributed by atoms with Crippen molar-refractivity contribution in [3.8, 4) is 0 Å². The molecule has 0 saturated heterocycles. The van der Waals surface area contributed by atoms with Gasteiger partial charge in [-0.25, -0.2) is 4.79 Å². The summed E-state index contributed by atoms with van der Waals surface area (Å²) in [5.41, 5.74) is 12.0. The lowest BCUT2D eigenvalue weighted by molar-refractivity contribution is -0.143. The van der Waals surface area contributed by atoms with E-state index in [4.69, 9.17) is 11.5 Å². The van der Waals surface area contributed by atoms with E-state index >= 15 is 0 Å². The number of carboxylic acids is 1. The van der Waals surface area contributed by atoms with E-state index in [1.807, 2.05) is 13.8 Å². The second-order valence-electron chi connectivity index (χ2n) is 9.42. The first-order valence-corrected chi connectivity index (χ1v) is 12.1. The average molecular weight is 506 g/mol. The van der Waals surface area contributed by atoms with Crippen molar-refractivity contribution in [3.63, 3.8) is 0 Å². The number of amides is 4. The molecule has 0 aliphatic carbocycles. The summed E-state index contributed by atoms with van der Waals surface area (Å²) in [6.45, 7) is 7.31. The van der Waals surface area contributed by atoms with Crippen LogP contribution in [0.4, 0.5) is 0 Å². The number of nitrogens with two attached hydrogens (primary N) is 2. The summed E-state index contributed by atoms with van der Waals surface area (Å²) in [5, 5.41) is 16.9. The second-order valence-corrected chi connectivity index (χ2v) is 9.42. The molecule has 0 spiro atoms. The Morgan fingerprint density at radius 1 is 0.861 bits per heavy atom. The molecule has 5 atom stereocenters. The SMILES string of the molecule is CCC(C)C(N)C(=O)NC(Cc1ccccc1)C(=O)NC(CC(N)=O)C(=O)NC(CC(C)C)C(=O)O. The summed E-state index contributed by atoms with van der Waals surface area (Å²) in [6, 6.07) is 4.32. The third-order valence-electron chi connectivity index (χ3n) is 5.84. The Morgan fingerprint density at radius 2 is 1.39 bits per heavy atom. The van der Waals surface area contributed by atoms with E-state index in [2.05, 4.69) is 16.0 Å². The van der Waals surface area contributed by atoms with Crippen LogP contribution < -0.4 is 27.4 Å². The van der Waals surface area contributed by atoms with Crippen molar-refractivity contribution in [3.05, 3.63) is 35.9 Å². The van der Waals surface area contributed by atoms with Crippen LogP contribution in [-0.4, -0.2) is 58.9 Å². The van der Waals surface area contributed by atoms with Gasteiger partial charge in [-0.15, -0.1) is 0 Å². The van der Waals surface area contributed by atoms with Gasteiger partial charge in [0, 0.05) is 6.42 Å². The van der Waals surface area contributed by atoms with Gasteiger partial charge < -0.3 is 32.5 Å². The van der Waals surface area contributed by atoms with Gasteiger partial charge in [-0.3, -0.25) is 19.2 Å². The minimum absolute atomic E-state index is 0.0317. The van der Waals surface area contributed by atoms with Crippen molar-refractivity contribution in [1.82, 2.24) is 16.0 Å². The molecule has 0 aliphatic rings. The van der Waals surface area contributed by atoms with Gasteiger partial charge in [0.15, 0.2) is 0 Å². The third kappa shape index (κ3) is 10.4. The molecule has 1 aromatic carbocycles. The number of nitrogens with one attached hydrogen (secondary N) is 3. The third-order valence-corrected chi connectivity index (χ3v) is 5.84. The van der Waals surface area contributed by atoms with Crippen LogP contribution in [0.5, 0.6) is 0 Å². The maximum atomic E-state index is 13.2. The molecule has 0 bridgehead atoms. The highest BCUT2D eigenvalue weighted by Crippen LogP contribution is 2.09. The number of aliphatic carboxylic acids is 1. The highest BCUT2D eigenvalue weighted by molar-refractivity contribution is 5.96. The lowest BCUT2D eigenvalue weighted by atomic mass is 9.98. The van der Waals surface area contributed by atoms with E-state index in [9.17, 15) is 29.1 Å². The van der Waals surface area contributed by atoms with Gasteiger partial charge in [-0.1, -0.05) is 64.4 Å². The zero-order valence-corrected chi connectivity index (χ0v) is 21.3. The molecule has 11 nitrogen and oxygen atoms in total. The molecule has 0 heterocycles. The molecule has 0 saturated carbocycles. The first-order chi connectivity index (χ1) is 16.8. The van der Waals surface area contributed by atoms with E-state index in [0.717, 1.165) is 5.56 Å². The van der Waals surface area contributed by atoms with Crippen LogP contribution in [0.1, 0.15) is 52.5 Å². The number of carbonyl (C=O) groups is 5. The van der Waals surface area contributed by atoms with E-state index in [-0.39, 0.29) is 24.7 Å². The van der Waals surface area contributed by atoms with Crippen molar-refractivity contribution in [1.29, 1.82) is 0 Å². The predicted molar refractivity (Wildman–Crippen MR) is 134 cm³/mol. The maximum Gasteiger partial charge on any atom is 0.326 e. The fraction of sp³-hybridized carbons (Fsp3) is 0.560. The molecule has 1 rings (SSSR count). The van der Waals surface area contributed by atoms with Crippen LogP contribution in [-0.2, 0) is 30.4 Å². The predicted octanol–water partition coefficient (Wildman–Crippen LogP) is 0.0630. The fourth-order valence-electron chi connectivity index (χ4n) is 3.49. The van der Waals surface area contributed by atoms with Crippen LogP contribution in [0.25, 0.3) is 0 Å². The van der Waals surface area contributed by atoms with E-state index in [1.54, 1.807) is 44.2 Å². The smallest absolute Gasteiger partial charge is 0.326 e. The molecule has 0 aromatic heterocycles. The molecule has 8 N–H and O–H groups in total. The highest BCUT2D eigenvalue weighted by Gasteiger charge is 2.32. The van der Waals surface area contributed by atoms with Crippen LogP contribution in [0, 0.1) is 11.8 Å². The normalized spacial score (nSPS) is 15.2. The molecule has 0 aliphatic heterocycles. The van der Waals surface area contributed by atoms with Crippen molar-refractivity contribution in [2.24, 2.45) is 23.3 Å². The van der Waals surface area contributed by atoms with E-state index < -0.39 is 60.2 Å². The minimum Gasteiger partial charge on any atom is -0.480 e. The Morgan fingerprint density at radius 3 is 1.89 bits per heavy atom. The van der Waals surface area contributed by atoms with Crippen molar-refractivity contribution >= 4 is 29.6 Å². The van der Waals surface area contributed by atoms with Crippen molar-refractivity contribution < 1.29 is 29.1 Å². The Hall–Kier alpha value is -3.47. The monoisotopic (exact) mass is 505 g/mol. The molecular formula is C25H39N5O6. The highest BCUT2D eigenvalue weighted by atomic mass is 16.4. The van der Waals surface area contributed by atoms with E-state index in [0.29, 0.717) is 6.42 Å². The second kappa shape index (κ2) is 14.8. The van der Waals surface area contributed by atoms with Gasteiger partial charge in [0.1, 0.15) is 18.1 Å². The topological polar surface area (TPSA) is 194 Å². The quantitative estimate of drug-likeness (QED) is 0.194. The molecular weight excluding hydrogens is 466 g/mol. The van der Waals surface area contributed by atoms with Crippen LogP contribution >= 0.6 is 0 Å². The average Bonchev–Trinajstić information content (AvgIpc) is 2.81. The summed E-state index contributed by atoms with van der Waals surface area (Å²) < 4.78 is 0. The number of benzene rings is 1. The molecule has 5 unspecified atom stereocenters. The molecule has 0 fully saturated rings. The summed E-state index contributed by atoms with van der Waals surface area (Å²) >= 11 is 0. The summed E-state index contributed by atoms with van der Waals surface area (Å²) in [4.78, 5) is 62.0. The molecule has 200 valence electrons. The summed E-state index contributed by atoms with van der Waals surface area (Å²) in [5.74, 6) is -4.40. The molecule has 36 heavy (non-hydrogen) atoms. The number of hydrogen-bond donors (Lipinski definition) is 6. The Kier molecular flexibility index (Phi) is 12.6. The van der Waals surface area contributed by atoms with E-state index in [1.165, 1.54) is 0 Å². The number of primary amides is 1. The van der Waals surface area contributed by atoms with Crippen LogP contribution in [0.2, 0.25) is 0 Å².